The van der Waals surface area contributed by atoms with Crippen LogP contribution in [0.5, 0.6) is 0 Å². The summed E-state index contributed by atoms with van der Waals surface area (Å²) in [7, 11) is 0. The van der Waals surface area contributed by atoms with Crippen LogP contribution in [0.1, 0.15) is 33.1 Å². The molecule has 1 fully saturated rings. The van der Waals surface area contributed by atoms with Gasteiger partial charge < -0.3 is 19.7 Å². The van der Waals surface area contributed by atoms with Crippen LogP contribution in [0.3, 0.4) is 0 Å². The molecule has 1 saturated heterocycles. The quantitative estimate of drug-likeness (QED) is 0.583. The maximum Gasteiger partial charge on any atom is 0.331 e. The summed E-state index contributed by atoms with van der Waals surface area (Å²) >= 11 is 0. The fourth-order valence-electron chi connectivity index (χ4n) is 2.75. The van der Waals surface area contributed by atoms with Gasteiger partial charge in [0.15, 0.2) is 6.10 Å². The van der Waals surface area contributed by atoms with Gasteiger partial charge in [-0.15, -0.1) is 0 Å². The summed E-state index contributed by atoms with van der Waals surface area (Å²) in [6.45, 7) is 5.45. The Bertz CT molecular complexity index is 678. The van der Waals surface area contributed by atoms with Gasteiger partial charge in [-0.1, -0.05) is 0 Å². The number of hydrogen-bond acceptors (Lipinski definition) is 6. The smallest absolute Gasteiger partial charge is 0.331 e. The van der Waals surface area contributed by atoms with E-state index in [4.69, 9.17) is 4.74 Å². The average molecular weight is 374 g/mol. The average Bonchev–Trinajstić information content (AvgIpc) is 2.68. The summed E-state index contributed by atoms with van der Waals surface area (Å²) < 4.78 is 9.64. The van der Waals surface area contributed by atoms with E-state index in [1.807, 2.05) is 24.3 Å². The van der Waals surface area contributed by atoms with E-state index < -0.39 is 23.9 Å². The summed E-state index contributed by atoms with van der Waals surface area (Å²) in [6, 6.07) is 7.60. The summed E-state index contributed by atoms with van der Waals surface area (Å²) in [5, 5.41) is 2.71. The Morgan fingerprint density at radius 1 is 1.07 bits per heavy atom. The molecule has 0 saturated carbocycles. The lowest BCUT2D eigenvalue weighted by molar-refractivity contribution is -0.148. The second-order valence-corrected chi connectivity index (χ2v) is 6.25. The van der Waals surface area contributed by atoms with Gasteiger partial charge in [-0.2, -0.15) is 0 Å². The first-order chi connectivity index (χ1) is 13.0. The minimum Gasteiger partial charge on any atom is -0.463 e. The molecule has 27 heavy (non-hydrogen) atoms. The largest absolute Gasteiger partial charge is 0.463 e. The van der Waals surface area contributed by atoms with Crippen LogP contribution < -0.4 is 10.2 Å². The highest BCUT2D eigenvalue weighted by atomic mass is 16.5. The number of carbonyl (C=O) groups excluding carboxylic acids is 3. The van der Waals surface area contributed by atoms with Gasteiger partial charge in [-0.25, -0.2) is 9.59 Å². The number of esters is 2. The maximum atomic E-state index is 12.2. The lowest BCUT2D eigenvalue weighted by Crippen LogP contribution is -2.30. The van der Waals surface area contributed by atoms with Crippen LogP contribution in [0.2, 0.25) is 0 Å². The predicted molar refractivity (Wildman–Crippen MR) is 102 cm³/mol. The molecule has 7 heteroatoms. The molecule has 1 atom stereocenters. The molecule has 1 N–H and O–H groups in total. The summed E-state index contributed by atoms with van der Waals surface area (Å²) in [6.07, 6.45) is 4.59. The number of ether oxygens (including phenoxy) is 2. The van der Waals surface area contributed by atoms with Crippen molar-refractivity contribution in [3.05, 3.63) is 36.4 Å². The van der Waals surface area contributed by atoms with E-state index in [-0.39, 0.29) is 6.61 Å². The number of piperidine rings is 1. The van der Waals surface area contributed by atoms with E-state index in [9.17, 15) is 14.4 Å². The molecule has 2 rings (SSSR count). The fourth-order valence-corrected chi connectivity index (χ4v) is 2.75. The molecule has 0 unspecified atom stereocenters. The van der Waals surface area contributed by atoms with Crippen molar-refractivity contribution in [2.24, 2.45) is 0 Å². The summed E-state index contributed by atoms with van der Waals surface area (Å²) in [5.41, 5.74) is 1.77. The van der Waals surface area contributed by atoms with Crippen molar-refractivity contribution >= 4 is 29.2 Å². The second-order valence-electron chi connectivity index (χ2n) is 6.25. The van der Waals surface area contributed by atoms with Gasteiger partial charge in [-0.3, -0.25) is 4.79 Å². The monoisotopic (exact) mass is 374 g/mol. The van der Waals surface area contributed by atoms with Crippen molar-refractivity contribution in [2.45, 2.75) is 39.2 Å². The number of hydrogen-bond donors (Lipinski definition) is 1. The van der Waals surface area contributed by atoms with Gasteiger partial charge in [-0.05, 0) is 57.4 Å². The third kappa shape index (κ3) is 6.77. The lowest BCUT2D eigenvalue weighted by atomic mass is 10.1. The van der Waals surface area contributed by atoms with Crippen LogP contribution in [0, 0.1) is 0 Å². The normalized spacial score (nSPS) is 15.3. The molecule has 1 aliphatic rings. The number of carbonyl (C=O) groups is 3. The molecule has 1 aromatic rings. The molecule has 0 spiro atoms. The Hall–Kier alpha value is -2.83. The van der Waals surface area contributed by atoms with Crippen LogP contribution in [-0.2, 0) is 23.9 Å². The van der Waals surface area contributed by atoms with Crippen molar-refractivity contribution < 1.29 is 23.9 Å². The standard InChI is InChI=1S/C20H26N2O5/c1-3-26-18(23)11-12-19(24)27-15(2)20(25)21-16-7-9-17(10-8-16)22-13-5-4-6-14-22/h7-12,15H,3-6,13-14H2,1-2H3,(H,21,25)/b12-11+/t15-/m1/s1. The molecule has 1 heterocycles. The Balaban J connectivity index is 1.83. The summed E-state index contributed by atoms with van der Waals surface area (Å²) in [5.74, 6) is -1.87. The molecular weight excluding hydrogens is 348 g/mol. The Labute approximate surface area is 159 Å². The highest BCUT2D eigenvalue weighted by molar-refractivity contribution is 5.97. The third-order valence-electron chi connectivity index (χ3n) is 4.16. The molecule has 7 nitrogen and oxygen atoms in total. The lowest BCUT2D eigenvalue weighted by Gasteiger charge is -2.28. The van der Waals surface area contributed by atoms with E-state index in [0.717, 1.165) is 30.9 Å². The Morgan fingerprint density at radius 3 is 2.33 bits per heavy atom. The molecule has 0 aliphatic carbocycles. The maximum absolute atomic E-state index is 12.2. The second kappa shape index (κ2) is 10.4. The molecule has 0 aromatic heterocycles. The van der Waals surface area contributed by atoms with Gasteiger partial charge in [0.2, 0.25) is 0 Å². The predicted octanol–water partition coefficient (Wildman–Crippen LogP) is 2.67. The first kappa shape index (κ1) is 20.5. The van der Waals surface area contributed by atoms with E-state index >= 15 is 0 Å². The van der Waals surface area contributed by atoms with Crippen molar-refractivity contribution in [1.29, 1.82) is 0 Å². The number of rotatable bonds is 7. The van der Waals surface area contributed by atoms with Gasteiger partial charge in [0, 0.05) is 36.6 Å². The minimum absolute atomic E-state index is 0.216. The Kier molecular flexibility index (Phi) is 7.85. The van der Waals surface area contributed by atoms with Crippen molar-refractivity contribution in [2.75, 3.05) is 29.9 Å². The first-order valence-corrected chi connectivity index (χ1v) is 9.21. The SMILES string of the molecule is CCOC(=O)/C=C/C(=O)O[C@H](C)C(=O)Nc1ccc(N2CCCCC2)cc1. The highest BCUT2D eigenvalue weighted by Gasteiger charge is 2.17. The van der Waals surface area contributed by atoms with E-state index in [0.29, 0.717) is 5.69 Å². The zero-order valence-corrected chi connectivity index (χ0v) is 15.8. The minimum atomic E-state index is -0.994. The molecular formula is C20H26N2O5. The number of benzene rings is 1. The molecule has 1 aromatic carbocycles. The topological polar surface area (TPSA) is 84.9 Å². The van der Waals surface area contributed by atoms with E-state index in [2.05, 4.69) is 15.0 Å². The van der Waals surface area contributed by atoms with Crippen LogP contribution in [-0.4, -0.2) is 43.6 Å². The number of nitrogens with one attached hydrogen (secondary N) is 1. The van der Waals surface area contributed by atoms with Gasteiger partial charge in [0.25, 0.3) is 5.91 Å². The van der Waals surface area contributed by atoms with Crippen LogP contribution >= 0.6 is 0 Å². The third-order valence-corrected chi connectivity index (χ3v) is 4.16. The molecule has 1 aliphatic heterocycles. The van der Waals surface area contributed by atoms with Crippen LogP contribution in [0.15, 0.2) is 36.4 Å². The van der Waals surface area contributed by atoms with Gasteiger partial charge in [0.1, 0.15) is 0 Å². The number of anilines is 2. The zero-order chi connectivity index (χ0) is 19.6. The van der Waals surface area contributed by atoms with Crippen molar-refractivity contribution in [1.82, 2.24) is 0 Å². The van der Waals surface area contributed by atoms with E-state index in [1.165, 1.54) is 26.2 Å². The molecule has 0 bridgehead atoms. The zero-order valence-electron chi connectivity index (χ0n) is 15.8. The Morgan fingerprint density at radius 2 is 1.70 bits per heavy atom. The molecule has 146 valence electrons. The number of nitrogens with zero attached hydrogens (tertiary/aromatic N) is 1. The molecule has 0 radical (unpaired) electrons. The summed E-state index contributed by atoms with van der Waals surface area (Å²) in [4.78, 5) is 37.3. The van der Waals surface area contributed by atoms with Gasteiger partial charge in [0.05, 0.1) is 6.61 Å². The fraction of sp³-hybridized carbons (Fsp3) is 0.450. The van der Waals surface area contributed by atoms with Crippen LogP contribution in [0.4, 0.5) is 11.4 Å². The number of amides is 1. The van der Waals surface area contributed by atoms with E-state index in [1.54, 1.807) is 6.92 Å². The van der Waals surface area contributed by atoms with Crippen LogP contribution in [0.25, 0.3) is 0 Å². The highest BCUT2D eigenvalue weighted by Crippen LogP contribution is 2.21. The van der Waals surface area contributed by atoms with Crippen molar-refractivity contribution in [3.63, 3.8) is 0 Å². The van der Waals surface area contributed by atoms with Crippen molar-refractivity contribution in [3.8, 4) is 0 Å². The first-order valence-electron chi connectivity index (χ1n) is 9.21. The molecule has 1 amide bonds. The van der Waals surface area contributed by atoms with Gasteiger partial charge >= 0.3 is 11.9 Å².